The Morgan fingerprint density at radius 3 is 2.44 bits per heavy atom. The average molecular weight is 412 g/mol. The van der Waals surface area contributed by atoms with Crippen LogP contribution >= 0.6 is 11.6 Å². The van der Waals surface area contributed by atoms with E-state index in [1.165, 1.54) is 12.1 Å². The lowest BCUT2D eigenvalue weighted by molar-refractivity contribution is 0.0696. The molecule has 27 heavy (non-hydrogen) atoms. The molecule has 146 valence electrons. The summed E-state index contributed by atoms with van der Waals surface area (Å²) >= 11 is 5.85. The Kier molecular flexibility index (Phi) is 7.65. The van der Waals surface area contributed by atoms with Gasteiger partial charge in [-0.3, -0.25) is 4.84 Å². The lowest BCUT2D eigenvalue weighted by atomic mass is 10.2. The zero-order chi connectivity index (χ0) is 19.9. The van der Waals surface area contributed by atoms with Gasteiger partial charge >= 0.3 is 5.97 Å². The molecule has 8 heteroatoms. The molecule has 0 amide bonds. The number of hydrogen-bond donors (Lipinski definition) is 1. The van der Waals surface area contributed by atoms with Crippen LogP contribution in [0.15, 0.2) is 53.4 Å². The summed E-state index contributed by atoms with van der Waals surface area (Å²) in [5, 5.41) is 9.18. The monoisotopic (exact) mass is 411 g/mol. The SMILES string of the molecule is CCCCCCON(c1ccccc1)S(=O)(=O)c1ccc(Cl)c(C(=O)O)c1. The summed E-state index contributed by atoms with van der Waals surface area (Å²) in [4.78, 5) is 16.7. The minimum absolute atomic E-state index is 0.0341. The number of para-hydroxylation sites is 1. The van der Waals surface area contributed by atoms with Crippen molar-refractivity contribution in [3.05, 3.63) is 59.1 Å². The van der Waals surface area contributed by atoms with Crippen LogP contribution in [0.1, 0.15) is 43.0 Å². The van der Waals surface area contributed by atoms with E-state index in [4.69, 9.17) is 16.4 Å². The highest BCUT2D eigenvalue weighted by Gasteiger charge is 2.27. The summed E-state index contributed by atoms with van der Waals surface area (Å²) < 4.78 is 27.0. The van der Waals surface area contributed by atoms with Crippen LogP contribution in [-0.2, 0) is 14.9 Å². The van der Waals surface area contributed by atoms with Crippen LogP contribution in [0.2, 0.25) is 5.02 Å². The summed E-state index contributed by atoms with van der Waals surface area (Å²) in [5.41, 5.74) is 0.0496. The van der Waals surface area contributed by atoms with Gasteiger partial charge in [0.2, 0.25) is 0 Å². The van der Waals surface area contributed by atoms with Gasteiger partial charge < -0.3 is 5.11 Å². The number of carboxylic acid groups (broad SMARTS) is 1. The maximum Gasteiger partial charge on any atom is 0.337 e. The molecular formula is C19H22ClNO5S. The number of rotatable bonds is 10. The minimum atomic E-state index is -4.13. The lowest BCUT2D eigenvalue weighted by Crippen LogP contribution is -2.32. The Bertz CT molecular complexity index is 871. The predicted octanol–water partition coefficient (Wildman–Crippen LogP) is 4.75. The van der Waals surface area contributed by atoms with Crippen LogP contribution in [0, 0.1) is 0 Å². The van der Waals surface area contributed by atoms with Crippen LogP contribution in [0.4, 0.5) is 5.69 Å². The standard InChI is InChI=1S/C19H22ClNO5S/c1-2-3-4-8-13-26-21(15-9-6-5-7-10-15)27(24,25)16-11-12-18(20)17(14-16)19(22)23/h5-7,9-12,14H,2-4,8,13H2,1H3,(H,22,23). The van der Waals surface area contributed by atoms with Crippen LogP contribution in [0.25, 0.3) is 0 Å². The third-order valence-corrected chi connectivity index (χ3v) is 5.79. The smallest absolute Gasteiger partial charge is 0.337 e. The lowest BCUT2D eigenvalue weighted by Gasteiger charge is -2.23. The van der Waals surface area contributed by atoms with Gasteiger partial charge in [0.15, 0.2) is 0 Å². The van der Waals surface area contributed by atoms with Gasteiger partial charge in [0.25, 0.3) is 10.0 Å². The molecule has 0 atom stereocenters. The molecule has 0 bridgehead atoms. The summed E-state index contributed by atoms with van der Waals surface area (Å²) in [6, 6.07) is 11.9. The molecular weight excluding hydrogens is 390 g/mol. The first-order chi connectivity index (χ1) is 12.9. The highest BCUT2D eigenvalue weighted by Crippen LogP contribution is 2.27. The van der Waals surface area contributed by atoms with Gasteiger partial charge in [-0.2, -0.15) is 8.42 Å². The van der Waals surface area contributed by atoms with E-state index in [1.54, 1.807) is 30.3 Å². The second-order valence-corrected chi connectivity index (χ2v) is 8.07. The van der Waals surface area contributed by atoms with E-state index in [0.29, 0.717) is 12.1 Å². The van der Waals surface area contributed by atoms with Crippen molar-refractivity contribution >= 4 is 33.3 Å². The Hall–Kier alpha value is -2.09. The van der Waals surface area contributed by atoms with Crippen LogP contribution in [0.3, 0.4) is 0 Å². The number of nitrogens with zero attached hydrogens (tertiary/aromatic N) is 1. The van der Waals surface area contributed by atoms with Crippen molar-refractivity contribution in [2.45, 2.75) is 37.5 Å². The second kappa shape index (κ2) is 9.73. The van der Waals surface area contributed by atoms with Crippen molar-refractivity contribution in [2.24, 2.45) is 0 Å². The van der Waals surface area contributed by atoms with Gasteiger partial charge in [-0.25, -0.2) is 4.79 Å². The number of sulfonamides is 1. The first-order valence-corrected chi connectivity index (χ1v) is 10.5. The highest BCUT2D eigenvalue weighted by molar-refractivity contribution is 7.92. The average Bonchev–Trinajstić information content (AvgIpc) is 2.65. The molecule has 0 aromatic heterocycles. The number of halogens is 1. The van der Waals surface area contributed by atoms with Gasteiger partial charge in [0, 0.05) is 0 Å². The van der Waals surface area contributed by atoms with E-state index in [1.807, 2.05) is 0 Å². The summed E-state index contributed by atoms with van der Waals surface area (Å²) in [7, 11) is -4.13. The molecule has 0 radical (unpaired) electrons. The van der Waals surface area contributed by atoms with Crippen molar-refractivity contribution in [1.82, 2.24) is 0 Å². The Labute approximate surface area is 164 Å². The molecule has 0 unspecified atom stereocenters. The van der Waals surface area contributed by atoms with Gasteiger partial charge in [0.05, 0.1) is 27.8 Å². The van der Waals surface area contributed by atoms with Crippen molar-refractivity contribution in [1.29, 1.82) is 0 Å². The van der Waals surface area contributed by atoms with Gasteiger partial charge in [0.1, 0.15) is 0 Å². The van der Waals surface area contributed by atoms with Gasteiger partial charge in [-0.15, -0.1) is 4.47 Å². The van der Waals surface area contributed by atoms with E-state index in [0.717, 1.165) is 29.8 Å². The Morgan fingerprint density at radius 2 is 1.81 bits per heavy atom. The first-order valence-electron chi connectivity index (χ1n) is 8.64. The third-order valence-electron chi connectivity index (χ3n) is 3.86. The van der Waals surface area contributed by atoms with Crippen LogP contribution in [-0.4, -0.2) is 26.1 Å². The number of benzene rings is 2. The van der Waals surface area contributed by atoms with Crippen LogP contribution < -0.4 is 4.47 Å². The fourth-order valence-electron chi connectivity index (χ4n) is 2.43. The van der Waals surface area contributed by atoms with Crippen molar-refractivity contribution in [3.8, 4) is 0 Å². The Morgan fingerprint density at radius 1 is 1.11 bits per heavy atom. The van der Waals surface area contributed by atoms with Crippen molar-refractivity contribution in [3.63, 3.8) is 0 Å². The number of anilines is 1. The number of unbranched alkanes of at least 4 members (excludes halogenated alkanes) is 3. The summed E-state index contributed by atoms with van der Waals surface area (Å²) in [6.07, 6.45) is 3.75. The molecule has 0 spiro atoms. The molecule has 6 nitrogen and oxygen atoms in total. The molecule has 0 aliphatic carbocycles. The molecule has 2 rings (SSSR count). The first kappa shape index (κ1) is 21.2. The van der Waals surface area contributed by atoms with E-state index in [-0.39, 0.29) is 22.1 Å². The largest absolute Gasteiger partial charge is 0.478 e. The molecule has 2 aromatic rings. The molecule has 0 aliphatic rings. The van der Waals surface area contributed by atoms with E-state index in [9.17, 15) is 18.3 Å². The normalized spacial score (nSPS) is 11.3. The predicted molar refractivity (Wildman–Crippen MR) is 105 cm³/mol. The zero-order valence-corrected chi connectivity index (χ0v) is 16.5. The molecule has 1 N–H and O–H groups in total. The molecule has 2 aromatic carbocycles. The number of carbonyl (C=O) groups is 1. The molecule has 0 saturated carbocycles. The highest BCUT2D eigenvalue weighted by atomic mass is 35.5. The maximum atomic E-state index is 13.1. The molecule has 0 fully saturated rings. The quantitative estimate of drug-likeness (QED) is 0.450. The summed E-state index contributed by atoms with van der Waals surface area (Å²) in [5.74, 6) is -1.30. The number of carboxylic acids is 1. The van der Waals surface area contributed by atoms with Gasteiger partial charge in [-0.05, 0) is 36.8 Å². The fourth-order valence-corrected chi connectivity index (χ4v) is 3.94. The second-order valence-electron chi connectivity index (χ2n) is 5.91. The van der Waals surface area contributed by atoms with Crippen molar-refractivity contribution in [2.75, 3.05) is 11.1 Å². The maximum absolute atomic E-state index is 13.1. The van der Waals surface area contributed by atoms with E-state index in [2.05, 4.69) is 6.92 Å². The summed E-state index contributed by atoms with van der Waals surface area (Å²) in [6.45, 7) is 2.32. The zero-order valence-electron chi connectivity index (χ0n) is 15.0. The number of aromatic carboxylic acids is 1. The third kappa shape index (κ3) is 5.45. The molecule has 0 saturated heterocycles. The van der Waals surface area contributed by atoms with Crippen molar-refractivity contribution < 1.29 is 23.2 Å². The number of hydrogen-bond acceptors (Lipinski definition) is 4. The molecule has 0 heterocycles. The van der Waals surface area contributed by atoms with Gasteiger partial charge in [-0.1, -0.05) is 56.0 Å². The Balaban J connectivity index is 2.35. The van der Waals surface area contributed by atoms with E-state index >= 15 is 0 Å². The topological polar surface area (TPSA) is 83.9 Å². The van der Waals surface area contributed by atoms with Crippen LogP contribution in [0.5, 0.6) is 0 Å². The fraction of sp³-hybridized carbons (Fsp3) is 0.316. The molecule has 0 aliphatic heterocycles. The van der Waals surface area contributed by atoms with E-state index < -0.39 is 16.0 Å². The minimum Gasteiger partial charge on any atom is -0.478 e.